The lowest BCUT2D eigenvalue weighted by atomic mass is 10.1. The van der Waals surface area contributed by atoms with Gasteiger partial charge < -0.3 is 26.4 Å². The van der Waals surface area contributed by atoms with Gasteiger partial charge in [0.1, 0.15) is 29.9 Å². The molecular weight excluding hydrogens is 558 g/mol. The molecule has 41 heavy (non-hydrogen) atoms. The van der Waals surface area contributed by atoms with Gasteiger partial charge in [0.05, 0.1) is 6.42 Å². The second-order valence-electron chi connectivity index (χ2n) is 10.4. The maximum Gasteiger partial charge on any atom is 0.243 e. The first kappa shape index (κ1) is 31.2. The molecule has 3 unspecified atom stereocenters. The molecule has 0 bridgehead atoms. The number of ether oxygens (including phenoxy) is 1. The second-order valence-corrected chi connectivity index (χ2v) is 12.4. The van der Waals surface area contributed by atoms with Crippen LogP contribution in [0.4, 0.5) is 0 Å². The Balaban J connectivity index is 1.39. The van der Waals surface area contributed by atoms with Crippen molar-refractivity contribution in [1.82, 2.24) is 15.1 Å². The van der Waals surface area contributed by atoms with Crippen molar-refractivity contribution in [2.24, 2.45) is 11.5 Å². The van der Waals surface area contributed by atoms with E-state index in [0.717, 1.165) is 49.0 Å². The smallest absolute Gasteiger partial charge is 0.243 e. The molecule has 4 rings (SSSR count). The zero-order valence-corrected chi connectivity index (χ0v) is 25.0. The second kappa shape index (κ2) is 16.1. The summed E-state index contributed by atoms with van der Waals surface area (Å²) in [6.45, 7) is 1.74. The predicted molar refractivity (Wildman–Crippen MR) is 165 cm³/mol. The molecule has 3 atom stereocenters. The molecule has 2 aliphatic rings. The number of benzene rings is 2. The number of amides is 3. The summed E-state index contributed by atoms with van der Waals surface area (Å²) < 4.78 is 5.88. The maximum atomic E-state index is 13.8. The fourth-order valence-electron chi connectivity index (χ4n) is 5.00. The monoisotopic (exact) mass is 599 g/mol. The van der Waals surface area contributed by atoms with Crippen LogP contribution in [0.15, 0.2) is 54.6 Å². The Hall–Kier alpha value is -2.73. The summed E-state index contributed by atoms with van der Waals surface area (Å²) in [7, 11) is 0. The van der Waals surface area contributed by atoms with Gasteiger partial charge >= 0.3 is 0 Å². The van der Waals surface area contributed by atoms with E-state index < -0.39 is 23.5 Å². The van der Waals surface area contributed by atoms with Crippen LogP contribution in [0.5, 0.6) is 5.75 Å². The van der Waals surface area contributed by atoms with Gasteiger partial charge in [-0.3, -0.25) is 19.3 Å². The first-order valence-electron chi connectivity index (χ1n) is 14.3. The van der Waals surface area contributed by atoms with Gasteiger partial charge in [-0.05, 0) is 42.6 Å². The minimum atomic E-state index is -0.609. The molecule has 0 aromatic heterocycles. The summed E-state index contributed by atoms with van der Waals surface area (Å²) >= 11 is 3.13. The number of carbonyl (C=O) groups is 3. The van der Waals surface area contributed by atoms with Crippen molar-refractivity contribution in [2.45, 2.75) is 62.7 Å². The zero-order valence-electron chi connectivity index (χ0n) is 23.4. The van der Waals surface area contributed by atoms with E-state index in [1.165, 1.54) is 11.8 Å². The third-order valence-corrected chi connectivity index (χ3v) is 9.64. The SMILES string of the molecule is NCCCCCCCNC(=O)C1CSC(N2CSCC2C(N)=O)N1C(=O)Cc1ccc(OCc2ccccc2)cc1. The molecule has 2 saturated heterocycles. The van der Waals surface area contributed by atoms with Gasteiger partial charge in [-0.15, -0.1) is 23.5 Å². The molecule has 0 saturated carbocycles. The van der Waals surface area contributed by atoms with Crippen molar-refractivity contribution in [3.8, 4) is 5.75 Å². The van der Waals surface area contributed by atoms with Crippen molar-refractivity contribution < 1.29 is 19.1 Å². The van der Waals surface area contributed by atoms with Gasteiger partial charge in [-0.2, -0.15) is 0 Å². The fraction of sp³-hybridized carbons (Fsp3) is 0.500. The van der Waals surface area contributed by atoms with Crippen molar-refractivity contribution in [1.29, 1.82) is 0 Å². The van der Waals surface area contributed by atoms with Crippen molar-refractivity contribution in [3.05, 3.63) is 65.7 Å². The van der Waals surface area contributed by atoms with E-state index in [1.54, 1.807) is 16.7 Å². The van der Waals surface area contributed by atoms with Crippen LogP contribution in [-0.2, 0) is 27.4 Å². The minimum absolute atomic E-state index is 0.142. The normalized spacial score (nSPS) is 20.7. The van der Waals surface area contributed by atoms with E-state index in [-0.39, 0.29) is 18.2 Å². The Bertz CT molecular complexity index is 1140. The number of unbranched alkanes of at least 4 members (excludes halogenated alkanes) is 4. The fourth-order valence-corrected chi connectivity index (χ4v) is 7.82. The summed E-state index contributed by atoms with van der Waals surface area (Å²) in [5.41, 5.74) is 12.7. The highest BCUT2D eigenvalue weighted by molar-refractivity contribution is 8.00. The van der Waals surface area contributed by atoms with E-state index >= 15 is 0 Å². The highest BCUT2D eigenvalue weighted by Crippen LogP contribution is 2.37. The number of nitrogens with two attached hydrogens (primary N) is 2. The average Bonchev–Trinajstić information content (AvgIpc) is 3.65. The van der Waals surface area contributed by atoms with Crippen molar-refractivity contribution in [2.75, 3.05) is 30.5 Å². The van der Waals surface area contributed by atoms with Crippen LogP contribution in [0, 0.1) is 0 Å². The highest BCUT2D eigenvalue weighted by atomic mass is 32.2. The molecule has 2 heterocycles. The molecule has 2 aromatic rings. The molecule has 9 nitrogen and oxygen atoms in total. The third-order valence-electron chi connectivity index (χ3n) is 7.30. The Morgan fingerprint density at radius 3 is 2.37 bits per heavy atom. The van der Waals surface area contributed by atoms with E-state index in [4.69, 9.17) is 16.2 Å². The van der Waals surface area contributed by atoms with Crippen LogP contribution in [0.2, 0.25) is 0 Å². The molecular formula is C30H41N5O4S2. The number of primary amides is 1. The Labute approximate surface area is 251 Å². The number of nitrogens with one attached hydrogen (secondary N) is 1. The Morgan fingerprint density at radius 2 is 1.63 bits per heavy atom. The lowest BCUT2D eigenvalue weighted by Gasteiger charge is -2.36. The number of rotatable bonds is 15. The first-order chi connectivity index (χ1) is 20.0. The van der Waals surface area contributed by atoms with E-state index in [2.05, 4.69) is 5.32 Å². The number of nitrogens with zero attached hydrogens (tertiary/aromatic N) is 2. The Kier molecular flexibility index (Phi) is 12.2. The van der Waals surface area contributed by atoms with Gasteiger partial charge in [-0.25, -0.2) is 0 Å². The molecule has 0 radical (unpaired) electrons. The van der Waals surface area contributed by atoms with Crippen molar-refractivity contribution >= 4 is 41.2 Å². The van der Waals surface area contributed by atoms with E-state index in [0.29, 0.717) is 37.1 Å². The molecule has 3 amide bonds. The van der Waals surface area contributed by atoms with Crippen LogP contribution >= 0.6 is 23.5 Å². The van der Waals surface area contributed by atoms with Crippen LogP contribution in [-0.4, -0.2) is 75.6 Å². The Morgan fingerprint density at radius 1 is 0.902 bits per heavy atom. The van der Waals surface area contributed by atoms with Gasteiger partial charge in [0.25, 0.3) is 0 Å². The van der Waals surface area contributed by atoms with Crippen LogP contribution < -0.4 is 21.5 Å². The highest BCUT2D eigenvalue weighted by Gasteiger charge is 2.47. The first-order valence-corrected chi connectivity index (χ1v) is 16.5. The van der Waals surface area contributed by atoms with E-state index in [9.17, 15) is 14.4 Å². The summed E-state index contributed by atoms with van der Waals surface area (Å²) in [5, 5.41) is 3.04. The lowest BCUT2D eigenvalue weighted by Crippen LogP contribution is -2.57. The molecule has 0 aliphatic carbocycles. The van der Waals surface area contributed by atoms with Gasteiger partial charge in [0, 0.05) is 23.9 Å². The van der Waals surface area contributed by atoms with E-state index in [1.807, 2.05) is 59.5 Å². The summed E-state index contributed by atoms with van der Waals surface area (Å²) in [6, 6.07) is 16.3. The molecule has 5 N–H and O–H groups in total. The standard InChI is InChI=1S/C30H41N5O4S2/c31-15-7-2-1-3-8-16-33-29(38)26-20-41-30(34-21-40-19-25(34)28(32)37)35(26)27(36)17-22-11-13-24(14-12-22)39-18-23-9-5-4-6-10-23/h4-6,9-14,25-26,30H,1-3,7-8,15-21,31H2,(H2,32,37)(H,33,38). The molecule has 0 spiro atoms. The topological polar surface area (TPSA) is 131 Å². The quantitative estimate of drug-likeness (QED) is 0.267. The number of hydrogen-bond acceptors (Lipinski definition) is 8. The third kappa shape index (κ3) is 8.88. The summed E-state index contributed by atoms with van der Waals surface area (Å²) in [4.78, 5) is 42.9. The molecule has 222 valence electrons. The van der Waals surface area contributed by atoms with Gasteiger partial charge in [0.15, 0.2) is 0 Å². The molecule has 2 aliphatic heterocycles. The van der Waals surface area contributed by atoms with Crippen molar-refractivity contribution in [3.63, 3.8) is 0 Å². The van der Waals surface area contributed by atoms with Crippen LogP contribution in [0.1, 0.15) is 43.2 Å². The van der Waals surface area contributed by atoms with Gasteiger partial charge in [-0.1, -0.05) is 61.7 Å². The van der Waals surface area contributed by atoms with Gasteiger partial charge in [0.2, 0.25) is 17.7 Å². The summed E-state index contributed by atoms with van der Waals surface area (Å²) in [5.74, 6) is 1.65. The summed E-state index contributed by atoms with van der Waals surface area (Å²) in [6.07, 6.45) is 5.27. The molecule has 2 aromatic carbocycles. The lowest BCUT2D eigenvalue weighted by molar-refractivity contribution is -0.143. The number of carbonyl (C=O) groups excluding carboxylic acids is 3. The van der Waals surface area contributed by atoms with Crippen LogP contribution in [0.25, 0.3) is 0 Å². The molecule has 11 heteroatoms. The largest absolute Gasteiger partial charge is 0.489 e. The number of hydrogen-bond donors (Lipinski definition) is 3. The predicted octanol–water partition coefficient (Wildman–Crippen LogP) is 2.92. The zero-order chi connectivity index (χ0) is 29.0. The minimum Gasteiger partial charge on any atom is -0.489 e. The maximum absolute atomic E-state index is 13.8. The average molecular weight is 600 g/mol. The molecule has 2 fully saturated rings. The van der Waals surface area contributed by atoms with Crippen LogP contribution in [0.3, 0.4) is 0 Å². The number of thioether (sulfide) groups is 2.